The van der Waals surface area contributed by atoms with Crippen molar-refractivity contribution in [1.29, 1.82) is 0 Å². The van der Waals surface area contributed by atoms with Crippen molar-refractivity contribution in [2.24, 2.45) is 5.92 Å². The predicted octanol–water partition coefficient (Wildman–Crippen LogP) is 2.14. The molecule has 1 saturated carbocycles. The molecule has 0 amide bonds. The number of hydrogen-bond donors (Lipinski definition) is 0. The summed E-state index contributed by atoms with van der Waals surface area (Å²) in [6.45, 7) is 2.19. The van der Waals surface area contributed by atoms with Crippen molar-refractivity contribution in [3.8, 4) is 0 Å². The van der Waals surface area contributed by atoms with E-state index in [1.165, 1.54) is 0 Å². The van der Waals surface area contributed by atoms with E-state index in [4.69, 9.17) is 0 Å². The van der Waals surface area contributed by atoms with Crippen LogP contribution < -0.4 is 0 Å². The van der Waals surface area contributed by atoms with E-state index in [0.717, 1.165) is 19.3 Å². The smallest absolute Gasteiger partial charge is 0.134 e. The molecule has 0 aliphatic heterocycles. The second-order valence-corrected chi connectivity index (χ2v) is 3.95. The van der Waals surface area contributed by atoms with Crippen molar-refractivity contribution in [3.05, 3.63) is 0 Å². The molecule has 1 aliphatic carbocycles. The molecule has 0 radical (unpaired) electrons. The van der Waals surface area contributed by atoms with Crippen LogP contribution in [-0.4, -0.2) is 10.6 Å². The maximum absolute atomic E-state index is 10.8. The molecular weight excluding hydrogens is 180 g/mol. The Bertz CT molecular complexity index is 122. The molecule has 1 rings (SSSR count). The van der Waals surface area contributed by atoms with Crippen molar-refractivity contribution in [1.82, 2.24) is 0 Å². The average molecular weight is 191 g/mol. The van der Waals surface area contributed by atoms with Gasteiger partial charge in [0.25, 0.3) is 0 Å². The average Bonchev–Trinajstić information content (AvgIpc) is 1.80. The van der Waals surface area contributed by atoms with Crippen LogP contribution in [0.15, 0.2) is 0 Å². The van der Waals surface area contributed by atoms with Crippen LogP contribution in [0.4, 0.5) is 0 Å². The van der Waals surface area contributed by atoms with Crippen molar-refractivity contribution in [3.63, 3.8) is 0 Å². The molecule has 1 fully saturated rings. The van der Waals surface area contributed by atoms with Crippen LogP contribution in [0.2, 0.25) is 0 Å². The molecule has 9 heavy (non-hydrogen) atoms. The number of ketones is 1. The molecular formula is C7H11BrO. The Morgan fingerprint density at radius 3 is 2.78 bits per heavy atom. The molecule has 1 aliphatic rings. The fraction of sp³-hybridized carbons (Fsp3) is 0.857. The van der Waals surface area contributed by atoms with E-state index in [2.05, 4.69) is 22.9 Å². The van der Waals surface area contributed by atoms with Gasteiger partial charge < -0.3 is 0 Å². The lowest BCUT2D eigenvalue weighted by Crippen LogP contribution is -2.22. The standard InChI is InChI=1S/C7H11BrO/c1-5-2-3-6(9)4-7(5)8/h5,7H,2-4H2,1H3. The van der Waals surface area contributed by atoms with Crippen LogP contribution in [0, 0.1) is 5.92 Å². The molecule has 0 bridgehead atoms. The Labute approximate surface area is 64.0 Å². The van der Waals surface area contributed by atoms with Gasteiger partial charge in [0.05, 0.1) is 0 Å². The van der Waals surface area contributed by atoms with E-state index in [0.29, 0.717) is 16.5 Å². The lowest BCUT2D eigenvalue weighted by atomic mass is 9.90. The number of carbonyl (C=O) groups excluding carboxylic acids is 1. The lowest BCUT2D eigenvalue weighted by molar-refractivity contribution is -0.120. The van der Waals surface area contributed by atoms with Gasteiger partial charge in [-0.05, 0) is 12.3 Å². The molecule has 0 N–H and O–H groups in total. The monoisotopic (exact) mass is 190 g/mol. The van der Waals surface area contributed by atoms with Crippen LogP contribution in [0.5, 0.6) is 0 Å². The summed E-state index contributed by atoms with van der Waals surface area (Å²) in [5.74, 6) is 1.10. The first-order chi connectivity index (χ1) is 4.20. The number of rotatable bonds is 0. The highest BCUT2D eigenvalue weighted by Gasteiger charge is 2.23. The van der Waals surface area contributed by atoms with Crippen LogP contribution >= 0.6 is 15.9 Å². The van der Waals surface area contributed by atoms with Gasteiger partial charge in [-0.15, -0.1) is 0 Å². The van der Waals surface area contributed by atoms with Crippen molar-refractivity contribution in [2.75, 3.05) is 0 Å². The molecule has 0 saturated heterocycles. The molecule has 0 spiro atoms. The Morgan fingerprint density at radius 2 is 2.33 bits per heavy atom. The van der Waals surface area contributed by atoms with Gasteiger partial charge in [-0.2, -0.15) is 0 Å². The molecule has 1 nitrogen and oxygen atoms in total. The number of carbonyl (C=O) groups is 1. The molecule has 52 valence electrons. The first-order valence-electron chi connectivity index (χ1n) is 3.36. The minimum atomic E-state index is 0.412. The summed E-state index contributed by atoms with van der Waals surface area (Å²) in [6.07, 6.45) is 2.60. The Morgan fingerprint density at radius 1 is 1.67 bits per heavy atom. The maximum Gasteiger partial charge on any atom is 0.134 e. The Hall–Kier alpha value is 0.150. The fourth-order valence-electron chi connectivity index (χ4n) is 1.09. The number of hydrogen-bond acceptors (Lipinski definition) is 1. The van der Waals surface area contributed by atoms with Crippen LogP contribution in [0.1, 0.15) is 26.2 Å². The minimum absolute atomic E-state index is 0.412. The van der Waals surface area contributed by atoms with E-state index in [9.17, 15) is 4.79 Å². The Balaban J connectivity index is 2.44. The van der Waals surface area contributed by atoms with Gasteiger partial charge >= 0.3 is 0 Å². The number of alkyl halides is 1. The SMILES string of the molecule is CC1CCC(=O)CC1Br. The summed E-state index contributed by atoms with van der Waals surface area (Å²) in [5, 5.41) is 0. The molecule has 2 atom stereocenters. The van der Waals surface area contributed by atoms with E-state index in [1.54, 1.807) is 0 Å². The van der Waals surface area contributed by atoms with E-state index >= 15 is 0 Å². The largest absolute Gasteiger partial charge is 0.300 e. The quantitative estimate of drug-likeness (QED) is 0.536. The van der Waals surface area contributed by atoms with Gasteiger partial charge in [0.15, 0.2) is 0 Å². The first kappa shape index (κ1) is 7.26. The van der Waals surface area contributed by atoms with Gasteiger partial charge in [-0.3, -0.25) is 4.79 Å². The van der Waals surface area contributed by atoms with Crippen LogP contribution in [-0.2, 0) is 4.79 Å². The predicted molar refractivity (Wildman–Crippen MR) is 40.7 cm³/mol. The summed E-state index contributed by atoms with van der Waals surface area (Å²) >= 11 is 3.47. The molecule has 0 aromatic carbocycles. The van der Waals surface area contributed by atoms with Gasteiger partial charge in [-0.1, -0.05) is 22.9 Å². The topological polar surface area (TPSA) is 17.1 Å². The summed E-state index contributed by atoms with van der Waals surface area (Å²) < 4.78 is 0. The molecule has 0 aromatic rings. The summed E-state index contributed by atoms with van der Waals surface area (Å²) in [5.41, 5.74) is 0. The first-order valence-corrected chi connectivity index (χ1v) is 4.27. The highest BCUT2D eigenvalue weighted by molar-refractivity contribution is 9.09. The summed E-state index contributed by atoms with van der Waals surface area (Å²) in [6, 6.07) is 0. The highest BCUT2D eigenvalue weighted by atomic mass is 79.9. The second-order valence-electron chi connectivity index (χ2n) is 2.77. The van der Waals surface area contributed by atoms with Crippen LogP contribution in [0.25, 0.3) is 0 Å². The normalized spacial score (nSPS) is 36.9. The zero-order valence-electron chi connectivity index (χ0n) is 5.56. The second kappa shape index (κ2) is 2.82. The van der Waals surface area contributed by atoms with E-state index in [-0.39, 0.29) is 0 Å². The number of Topliss-reactive ketones (excluding diaryl/α,β-unsaturated/α-hetero) is 1. The van der Waals surface area contributed by atoms with Gasteiger partial charge in [0, 0.05) is 17.7 Å². The summed E-state index contributed by atoms with van der Waals surface area (Å²) in [4.78, 5) is 11.2. The van der Waals surface area contributed by atoms with Crippen molar-refractivity contribution >= 4 is 21.7 Å². The highest BCUT2D eigenvalue weighted by Crippen LogP contribution is 2.26. The third-order valence-electron chi connectivity index (χ3n) is 1.92. The molecule has 0 heterocycles. The van der Waals surface area contributed by atoms with Gasteiger partial charge in [0.2, 0.25) is 0 Å². The van der Waals surface area contributed by atoms with E-state index < -0.39 is 0 Å². The van der Waals surface area contributed by atoms with Gasteiger partial charge in [0.1, 0.15) is 5.78 Å². The van der Waals surface area contributed by atoms with Crippen LogP contribution in [0.3, 0.4) is 0 Å². The summed E-state index contributed by atoms with van der Waals surface area (Å²) in [7, 11) is 0. The zero-order valence-corrected chi connectivity index (χ0v) is 7.15. The van der Waals surface area contributed by atoms with Crippen molar-refractivity contribution in [2.45, 2.75) is 31.0 Å². The van der Waals surface area contributed by atoms with E-state index in [1.807, 2.05) is 0 Å². The fourth-order valence-corrected chi connectivity index (χ4v) is 1.72. The lowest BCUT2D eigenvalue weighted by Gasteiger charge is -2.22. The molecule has 2 unspecified atom stereocenters. The zero-order chi connectivity index (χ0) is 6.85. The third kappa shape index (κ3) is 1.78. The molecule has 0 aromatic heterocycles. The molecule has 2 heteroatoms. The minimum Gasteiger partial charge on any atom is -0.300 e. The Kier molecular flexibility index (Phi) is 2.28. The van der Waals surface area contributed by atoms with Gasteiger partial charge in [-0.25, -0.2) is 0 Å². The maximum atomic E-state index is 10.8. The third-order valence-corrected chi connectivity index (χ3v) is 3.14. The van der Waals surface area contributed by atoms with Crippen molar-refractivity contribution < 1.29 is 4.79 Å². The number of halogens is 1.